The molecule has 0 bridgehead atoms. The molecule has 0 radical (unpaired) electrons. The fraction of sp³-hybridized carbons (Fsp3) is 0.500. The number of rotatable bonds is 4. The van der Waals surface area contributed by atoms with Crippen LogP contribution in [0.3, 0.4) is 0 Å². The summed E-state index contributed by atoms with van der Waals surface area (Å²) < 4.78 is 1.79. The first kappa shape index (κ1) is 12.7. The molecular formula is C14H20N4. The molecule has 4 heteroatoms. The molecule has 1 aromatic carbocycles. The van der Waals surface area contributed by atoms with E-state index in [-0.39, 0.29) is 5.54 Å². The van der Waals surface area contributed by atoms with Gasteiger partial charge in [0.25, 0.3) is 0 Å². The van der Waals surface area contributed by atoms with Crippen molar-refractivity contribution in [1.29, 1.82) is 0 Å². The third kappa shape index (κ3) is 2.28. The van der Waals surface area contributed by atoms with Crippen LogP contribution in [-0.4, -0.2) is 20.2 Å². The zero-order valence-electron chi connectivity index (χ0n) is 11.5. The van der Waals surface area contributed by atoms with E-state index in [9.17, 15) is 0 Å². The van der Waals surface area contributed by atoms with Gasteiger partial charge in [0.1, 0.15) is 6.33 Å². The Hall–Kier alpha value is -1.71. The number of hydrogen-bond donors (Lipinski definition) is 0. The molecule has 1 heterocycles. The summed E-state index contributed by atoms with van der Waals surface area (Å²) in [5.41, 5.74) is 2.37. The zero-order chi connectivity index (χ0) is 13.2. The number of benzene rings is 1. The maximum absolute atomic E-state index is 4.01. The molecule has 0 amide bonds. The van der Waals surface area contributed by atoms with E-state index in [0.717, 1.165) is 6.42 Å². The minimum atomic E-state index is -0.229. The molecule has 0 aliphatic heterocycles. The molecule has 0 N–H and O–H groups in total. The van der Waals surface area contributed by atoms with Gasteiger partial charge in [0.2, 0.25) is 0 Å². The standard InChI is InChI=1S/C14H20N4/c1-5-11(2)12-7-6-8-13(9-12)14(3,4)18-10-15-16-17-18/h6-11H,5H2,1-4H3. The Labute approximate surface area is 108 Å². The van der Waals surface area contributed by atoms with Crippen molar-refractivity contribution in [3.05, 3.63) is 41.7 Å². The van der Waals surface area contributed by atoms with Crippen molar-refractivity contribution in [3.63, 3.8) is 0 Å². The summed E-state index contributed by atoms with van der Waals surface area (Å²) in [5, 5.41) is 11.5. The Morgan fingerprint density at radius 1 is 1.33 bits per heavy atom. The maximum Gasteiger partial charge on any atom is 0.139 e. The summed E-state index contributed by atoms with van der Waals surface area (Å²) in [4.78, 5) is 0. The van der Waals surface area contributed by atoms with Gasteiger partial charge in [0.05, 0.1) is 5.54 Å². The molecule has 1 unspecified atom stereocenters. The maximum atomic E-state index is 4.01. The molecule has 0 aliphatic rings. The summed E-state index contributed by atoms with van der Waals surface area (Å²) in [6.07, 6.45) is 2.81. The molecule has 1 atom stereocenters. The van der Waals surface area contributed by atoms with Crippen LogP contribution in [0.1, 0.15) is 51.2 Å². The predicted molar refractivity (Wildman–Crippen MR) is 71.4 cm³/mol. The van der Waals surface area contributed by atoms with Crippen molar-refractivity contribution < 1.29 is 0 Å². The average Bonchev–Trinajstić information content (AvgIpc) is 2.92. The molecule has 18 heavy (non-hydrogen) atoms. The van der Waals surface area contributed by atoms with Gasteiger partial charge in [-0.25, -0.2) is 4.68 Å². The minimum Gasteiger partial charge on any atom is -0.223 e. The van der Waals surface area contributed by atoms with E-state index in [4.69, 9.17) is 0 Å². The lowest BCUT2D eigenvalue weighted by Crippen LogP contribution is -2.28. The fourth-order valence-corrected chi connectivity index (χ4v) is 2.01. The lowest BCUT2D eigenvalue weighted by atomic mass is 9.89. The Morgan fingerprint density at radius 2 is 2.11 bits per heavy atom. The Bertz CT molecular complexity index is 502. The number of aromatic nitrogens is 4. The molecule has 1 aromatic heterocycles. The summed E-state index contributed by atoms with van der Waals surface area (Å²) in [7, 11) is 0. The highest BCUT2D eigenvalue weighted by molar-refractivity contribution is 5.30. The molecule has 0 aliphatic carbocycles. The van der Waals surface area contributed by atoms with Gasteiger partial charge in [0.15, 0.2) is 0 Å². The van der Waals surface area contributed by atoms with Crippen molar-refractivity contribution in [3.8, 4) is 0 Å². The van der Waals surface area contributed by atoms with Gasteiger partial charge >= 0.3 is 0 Å². The van der Waals surface area contributed by atoms with E-state index in [1.54, 1.807) is 11.0 Å². The molecule has 0 saturated carbocycles. The second-order valence-corrected chi connectivity index (χ2v) is 5.25. The number of tetrazole rings is 1. The van der Waals surface area contributed by atoms with Gasteiger partial charge in [-0.15, -0.1) is 5.10 Å². The van der Waals surface area contributed by atoms with Gasteiger partial charge < -0.3 is 0 Å². The van der Waals surface area contributed by atoms with E-state index >= 15 is 0 Å². The lowest BCUT2D eigenvalue weighted by Gasteiger charge is -2.25. The highest BCUT2D eigenvalue weighted by atomic mass is 15.5. The van der Waals surface area contributed by atoms with E-state index in [0.29, 0.717) is 5.92 Å². The highest BCUT2D eigenvalue weighted by Gasteiger charge is 2.24. The van der Waals surface area contributed by atoms with Crippen molar-refractivity contribution in [2.75, 3.05) is 0 Å². The zero-order valence-corrected chi connectivity index (χ0v) is 11.5. The summed E-state index contributed by atoms with van der Waals surface area (Å²) >= 11 is 0. The van der Waals surface area contributed by atoms with Crippen molar-refractivity contribution in [2.45, 2.75) is 45.6 Å². The van der Waals surface area contributed by atoms with Crippen LogP contribution >= 0.6 is 0 Å². The molecule has 2 aromatic rings. The van der Waals surface area contributed by atoms with Crippen molar-refractivity contribution >= 4 is 0 Å². The molecule has 0 saturated heterocycles. The van der Waals surface area contributed by atoms with E-state index in [1.807, 2.05) is 0 Å². The first-order valence-corrected chi connectivity index (χ1v) is 6.39. The average molecular weight is 244 g/mol. The van der Waals surface area contributed by atoms with Crippen LogP contribution in [0.4, 0.5) is 0 Å². The Kier molecular flexibility index (Phi) is 3.45. The molecule has 0 spiro atoms. The largest absolute Gasteiger partial charge is 0.223 e. The summed E-state index contributed by atoms with van der Waals surface area (Å²) in [6.45, 7) is 8.71. The van der Waals surface area contributed by atoms with Crippen LogP contribution in [0.2, 0.25) is 0 Å². The fourth-order valence-electron chi connectivity index (χ4n) is 2.01. The van der Waals surface area contributed by atoms with E-state index in [1.165, 1.54) is 11.1 Å². The molecule has 4 nitrogen and oxygen atoms in total. The first-order valence-electron chi connectivity index (χ1n) is 6.39. The SMILES string of the molecule is CCC(C)c1cccc(C(C)(C)n2cnnn2)c1. The molecular weight excluding hydrogens is 224 g/mol. The van der Waals surface area contributed by atoms with Crippen LogP contribution in [0.5, 0.6) is 0 Å². The molecule has 96 valence electrons. The smallest absolute Gasteiger partial charge is 0.139 e. The number of nitrogens with zero attached hydrogens (tertiary/aromatic N) is 4. The molecule has 2 rings (SSSR count). The highest BCUT2D eigenvalue weighted by Crippen LogP contribution is 2.27. The van der Waals surface area contributed by atoms with Gasteiger partial charge in [-0.1, -0.05) is 38.1 Å². The monoisotopic (exact) mass is 244 g/mol. The third-order valence-electron chi connectivity index (χ3n) is 3.70. The van der Waals surface area contributed by atoms with Crippen molar-refractivity contribution in [1.82, 2.24) is 20.2 Å². The molecule has 0 fully saturated rings. The van der Waals surface area contributed by atoms with E-state index in [2.05, 4.69) is 67.5 Å². The van der Waals surface area contributed by atoms with E-state index < -0.39 is 0 Å². The van der Waals surface area contributed by atoms with Crippen LogP contribution in [0.25, 0.3) is 0 Å². The van der Waals surface area contributed by atoms with Crippen LogP contribution in [0.15, 0.2) is 30.6 Å². The van der Waals surface area contributed by atoms with Crippen LogP contribution < -0.4 is 0 Å². The van der Waals surface area contributed by atoms with Crippen LogP contribution in [0, 0.1) is 0 Å². The Morgan fingerprint density at radius 3 is 2.72 bits per heavy atom. The normalized spacial score (nSPS) is 13.6. The third-order valence-corrected chi connectivity index (χ3v) is 3.70. The minimum absolute atomic E-state index is 0.229. The van der Waals surface area contributed by atoms with Gasteiger partial charge in [-0.3, -0.25) is 0 Å². The van der Waals surface area contributed by atoms with Crippen molar-refractivity contribution in [2.24, 2.45) is 0 Å². The topological polar surface area (TPSA) is 43.6 Å². The summed E-state index contributed by atoms with van der Waals surface area (Å²) in [6, 6.07) is 8.69. The predicted octanol–water partition coefficient (Wildman–Crippen LogP) is 2.97. The quantitative estimate of drug-likeness (QED) is 0.830. The first-order chi connectivity index (χ1) is 8.55. The van der Waals surface area contributed by atoms with Gasteiger partial charge in [-0.05, 0) is 47.7 Å². The summed E-state index contributed by atoms with van der Waals surface area (Å²) in [5.74, 6) is 0.578. The lowest BCUT2D eigenvalue weighted by molar-refractivity contribution is 0.380. The Balaban J connectivity index is 2.39. The number of hydrogen-bond acceptors (Lipinski definition) is 3. The van der Waals surface area contributed by atoms with Gasteiger partial charge in [0, 0.05) is 0 Å². The second kappa shape index (κ2) is 4.88. The van der Waals surface area contributed by atoms with Gasteiger partial charge in [-0.2, -0.15) is 0 Å². The van der Waals surface area contributed by atoms with Crippen LogP contribution in [-0.2, 0) is 5.54 Å². The second-order valence-electron chi connectivity index (χ2n) is 5.25.